The Balaban J connectivity index is 1.28. The van der Waals surface area contributed by atoms with Crippen LogP contribution in [-0.4, -0.2) is 60.4 Å². The van der Waals surface area contributed by atoms with Crippen molar-refractivity contribution in [3.8, 4) is 0 Å². The molecule has 2 heterocycles. The standard InChI is InChI=1S/C19H23FN4O4S/c1-23(19(25)14-5-6-14)8-7-17-21-18(28-22-17)15-10-24(11-15)29(26,27)12-13-3-2-4-16(20)9-13/h2-4,9,14-15H,5-8,10-12H2,1H3. The van der Waals surface area contributed by atoms with Gasteiger partial charge in [0.25, 0.3) is 0 Å². The highest BCUT2D eigenvalue weighted by atomic mass is 32.2. The van der Waals surface area contributed by atoms with Gasteiger partial charge in [0.1, 0.15) is 5.82 Å². The number of benzene rings is 1. The highest BCUT2D eigenvalue weighted by molar-refractivity contribution is 7.88. The number of hydrogen-bond donors (Lipinski definition) is 0. The first kappa shape index (κ1) is 20.0. The van der Waals surface area contributed by atoms with Gasteiger partial charge in [-0.3, -0.25) is 4.79 Å². The predicted molar refractivity (Wildman–Crippen MR) is 102 cm³/mol. The second kappa shape index (κ2) is 7.83. The third kappa shape index (κ3) is 4.64. The van der Waals surface area contributed by atoms with E-state index in [1.807, 2.05) is 0 Å². The van der Waals surface area contributed by atoms with Gasteiger partial charge in [0.05, 0.1) is 11.7 Å². The number of likely N-dealkylation sites (N-methyl/N-ethyl adjacent to an activating group) is 1. The maximum atomic E-state index is 13.3. The zero-order chi connectivity index (χ0) is 20.6. The lowest BCUT2D eigenvalue weighted by Gasteiger charge is -2.35. The molecular formula is C19H23FN4O4S. The van der Waals surface area contributed by atoms with E-state index < -0.39 is 15.8 Å². The third-order valence-corrected chi connectivity index (χ3v) is 7.07. The fourth-order valence-electron chi connectivity index (χ4n) is 3.30. The van der Waals surface area contributed by atoms with E-state index in [1.54, 1.807) is 18.0 Å². The Morgan fingerprint density at radius 3 is 2.79 bits per heavy atom. The van der Waals surface area contributed by atoms with Gasteiger partial charge in [0.15, 0.2) is 5.82 Å². The Hall–Kier alpha value is -2.33. The Bertz CT molecular complexity index is 999. The second-order valence-corrected chi connectivity index (χ2v) is 9.70. The van der Waals surface area contributed by atoms with E-state index in [2.05, 4.69) is 10.1 Å². The minimum atomic E-state index is -3.53. The molecule has 2 aliphatic rings. The Labute approximate surface area is 168 Å². The van der Waals surface area contributed by atoms with Crippen molar-refractivity contribution < 1.29 is 22.1 Å². The summed E-state index contributed by atoms with van der Waals surface area (Å²) in [6.07, 6.45) is 2.43. The molecule has 0 bridgehead atoms. The van der Waals surface area contributed by atoms with E-state index >= 15 is 0 Å². The van der Waals surface area contributed by atoms with Gasteiger partial charge >= 0.3 is 0 Å². The number of aromatic nitrogens is 2. The van der Waals surface area contributed by atoms with Crippen molar-refractivity contribution in [2.24, 2.45) is 5.92 Å². The second-order valence-electron chi connectivity index (χ2n) is 7.73. The summed E-state index contributed by atoms with van der Waals surface area (Å²) in [6, 6.07) is 5.59. The van der Waals surface area contributed by atoms with Crippen molar-refractivity contribution in [1.29, 1.82) is 0 Å². The van der Waals surface area contributed by atoms with Crippen LogP contribution in [-0.2, 0) is 27.0 Å². The molecule has 0 radical (unpaired) electrons. The Kier molecular flexibility index (Phi) is 5.39. The first-order chi connectivity index (χ1) is 13.8. The molecule has 1 amide bonds. The highest BCUT2D eigenvalue weighted by Crippen LogP contribution is 2.31. The lowest BCUT2D eigenvalue weighted by atomic mass is 10.0. The summed E-state index contributed by atoms with van der Waals surface area (Å²) in [4.78, 5) is 18.0. The van der Waals surface area contributed by atoms with Crippen LogP contribution in [0.2, 0.25) is 0 Å². The van der Waals surface area contributed by atoms with Gasteiger partial charge < -0.3 is 9.42 Å². The Morgan fingerprint density at radius 1 is 1.34 bits per heavy atom. The molecule has 29 heavy (non-hydrogen) atoms. The molecule has 0 spiro atoms. The average molecular weight is 422 g/mol. The highest BCUT2D eigenvalue weighted by Gasteiger charge is 2.39. The van der Waals surface area contributed by atoms with E-state index in [0.717, 1.165) is 12.8 Å². The van der Waals surface area contributed by atoms with Crippen LogP contribution in [0.1, 0.15) is 36.0 Å². The van der Waals surface area contributed by atoms with Crippen molar-refractivity contribution >= 4 is 15.9 Å². The number of carbonyl (C=O) groups excluding carboxylic acids is 1. The molecule has 0 unspecified atom stereocenters. The van der Waals surface area contributed by atoms with Crippen LogP contribution in [0.25, 0.3) is 0 Å². The van der Waals surface area contributed by atoms with Crippen LogP contribution < -0.4 is 0 Å². The summed E-state index contributed by atoms with van der Waals surface area (Å²) in [5.41, 5.74) is 0.415. The largest absolute Gasteiger partial charge is 0.345 e. The van der Waals surface area contributed by atoms with Crippen molar-refractivity contribution in [2.45, 2.75) is 30.9 Å². The van der Waals surface area contributed by atoms with Crippen LogP contribution in [0.15, 0.2) is 28.8 Å². The molecule has 2 fully saturated rings. The molecule has 1 aliphatic heterocycles. The average Bonchev–Trinajstić information content (AvgIpc) is 3.37. The monoisotopic (exact) mass is 422 g/mol. The molecule has 1 aliphatic carbocycles. The number of rotatable bonds is 8. The normalized spacial score (nSPS) is 17.9. The molecule has 2 aromatic rings. The van der Waals surface area contributed by atoms with Gasteiger partial charge in [0, 0.05) is 39.0 Å². The fourth-order valence-corrected chi connectivity index (χ4v) is 4.90. The van der Waals surface area contributed by atoms with Crippen molar-refractivity contribution in [3.05, 3.63) is 47.4 Å². The molecule has 1 saturated carbocycles. The van der Waals surface area contributed by atoms with Crippen LogP contribution in [0.5, 0.6) is 0 Å². The topological polar surface area (TPSA) is 96.6 Å². The first-order valence-corrected chi connectivity index (χ1v) is 11.2. The fraction of sp³-hybridized carbons (Fsp3) is 0.526. The molecule has 10 heteroatoms. The van der Waals surface area contributed by atoms with Crippen LogP contribution in [0, 0.1) is 11.7 Å². The summed E-state index contributed by atoms with van der Waals surface area (Å²) in [7, 11) is -1.76. The summed E-state index contributed by atoms with van der Waals surface area (Å²) < 4.78 is 44.8. The summed E-state index contributed by atoms with van der Waals surface area (Å²) >= 11 is 0. The van der Waals surface area contributed by atoms with E-state index in [1.165, 1.54) is 22.5 Å². The van der Waals surface area contributed by atoms with E-state index in [4.69, 9.17) is 4.52 Å². The molecule has 0 N–H and O–H groups in total. The van der Waals surface area contributed by atoms with Crippen molar-refractivity contribution in [3.63, 3.8) is 0 Å². The third-order valence-electron chi connectivity index (χ3n) is 5.29. The molecule has 0 atom stereocenters. The predicted octanol–water partition coefficient (Wildman–Crippen LogP) is 1.55. The zero-order valence-electron chi connectivity index (χ0n) is 16.1. The molecule has 156 valence electrons. The van der Waals surface area contributed by atoms with Gasteiger partial charge in [-0.05, 0) is 30.5 Å². The molecular weight excluding hydrogens is 399 g/mol. The maximum absolute atomic E-state index is 13.3. The van der Waals surface area contributed by atoms with E-state index in [0.29, 0.717) is 30.2 Å². The van der Waals surface area contributed by atoms with E-state index in [9.17, 15) is 17.6 Å². The van der Waals surface area contributed by atoms with Crippen LogP contribution in [0.3, 0.4) is 0 Å². The quantitative estimate of drug-likeness (QED) is 0.640. The van der Waals surface area contributed by atoms with Gasteiger partial charge in [0.2, 0.25) is 21.8 Å². The number of amides is 1. The van der Waals surface area contributed by atoms with Crippen molar-refractivity contribution in [1.82, 2.24) is 19.3 Å². The van der Waals surface area contributed by atoms with E-state index in [-0.39, 0.29) is 36.6 Å². The lowest BCUT2D eigenvalue weighted by Crippen LogP contribution is -2.48. The summed E-state index contributed by atoms with van der Waals surface area (Å²) in [5, 5.41) is 3.94. The zero-order valence-corrected chi connectivity index (χ0v) is 16.9. The summed E-state index contributed by atoms with van der Waals surface area (Å²) in [6.45, 7) is 1.05. The maximum Gasteiger partial charge on any atom is 0.232 e. The smallest absolute Gasteiger partial charge is 0.232 e. The number of halogens is 1. The summed E-state index contributed by atoms with van der Waals surface area (Å²) in [5.74, 6) is 0.410. The number of sulfonamides is 1. The SMILES string of the molecule is CN(CCc1noc(C2CN(S(=O)(=O)Cc3cccc(F)c3)C2)n1)C(=O)C1CC1. The van der Waals surface area contributed by atoms with Gasteiger partial charge in [-0.2, -0.15) is 9.29 Å². The molecule has 1 aromatic carbocycles. The number of hydrogen-bond acceptors (Lipinski definition) is 6. The van der Waals surface area contributed by atoms with Crippen LogP contribution in [0.4, 0.5) is 4.39 Å². The minimum absolute atomic E-state index is 0.149. The number of nitrogens with zero attached hydrogens (tertiary/aromatic N) is 4. The lowest BCUT2D eigenvalue weighted by molar-refractivity contribution is -0.131. The van der Waals surface area contributed by atoms with Gasteiger partial charge in [-0.25, -0.2) is 12.8 Å². The van der Waals surface area contributed by atoms with Gasteiger partial charge in [-0.15, -0.1) is 0 Å². The molecule has 8 nitrogen and oxygen atoms in total. The van der Waals surface area contributed by atoms with Crippen LogP contribution >= 0.6 is 0 Å². The molecule has 4 rings (SSSR count). The minimum Gasteiger partial charge on any atom is -0.345 e. The molecule has 1 saturated heterocycles. The van der Waals surface area contributed by atoms with Gasteiger partial charge in [-0.1, -0.05) is 17.3 Å². The Morgan fingerprint density at radius 2 is 2.10 bits per heavy atom. The number of carbonyl (C=O) groups is 1. The molecule has 1 aromatic heterocycles. The van der Waals surface area contributed by atoms with Crippen molar-refractivity contribution in [2.75, 3.05) is 26.7 Å². The first-order valence-electron chi connectivity index (χ1n) is 9.61.